The van der Waals surface area contributed by atoms with Crippen molar-refractivity contribution in [2.45, 2.75) is 0 Å². The van der Waals surface area contributed by atoms with Gasteiger partial charge in [0.1, 0.15) is 5.75 Å². The summed E-state index contributed by atoms with van der Waals surface area (Å²) in [4.78, 5) is 7.30. The molecule has 3 heterocycles. The van der Waals surface area contributed by atoms with E-state index in [9.17, 15) is 5.11 Å². The summed E-state index contributed by atoms with van der Waals surface area (Å²) < 4.78 is 6.64. The molecule has 0 amide bonds. The van der Waals surface area contributed by atoms with Crippen molar-refractivity contribution in [3.63, 3.8) is 0 Å². The van der Waals surface area contributed by atoms with Crippen LogP contribution in [0, 0.1) is 5.41 Å². The molecule has 0 bridgehead atoms. The number of benzene rings is 1. The van der Waals surface area contributed by atoms with Gasteiger partial charge in [0.2, 0.25) is 11.4 Å². The molecule has 0 unspecified atom stereocenters. The summed E-state index contributed by atoms with van der Waals surface area (Å²) >= 11 is 0. The van der Waals surface area contributed by atoms with Crippen molar-refractivity contribution in [1.29, 1.82) is 5.41 Å². The van der Waals surface area contributed by atoms with Crippen LogP contribution in [-0.2, 0) is 0 Å². The Morgan fingerprint density at radius 1 is 1.30 bits per heavy atom. The van der Waals surface area contributed by atoms with Crippen molar-refractivity contribution in [3.8, 4) is 17.3 Å². The third kappa shape index (κ3) is 1.43. The summed E-state index contributed by atoms with van der Waals surface area (Å²) in [7, 11) is 0. The van der Waals surface area contributed by atoms with Crippen molar-refractivity contribution in [2.75, 3.05) is 0 Å². The second kappa shape index (κ2) is 3.70. The van der Waals surface area contributed by atoms with Crippen LogP contribution in [0.2, 0.25) is 0 Å². The van der Waals surface area contributed by atoms with Gasteiger partial charge in [-0.05, 0) is 30.3 Å². The first-order chi connectivity index (χ1) is 9.72. The van der Waals surface area contributed by atoms with Crippen LogP contribution < -0.4 is 5.62 Å². The number of furan rings is 1. The molecule has 0 spiro atoms. The Labute approximate surface area is 111 Å². The summed E-state index contributed by atoms with van der Waals surface area (Å²) in [6.07, 6.45) is 1.54. The number of aromatic amines is 1. The first-order valence-corrected chi connectivity index (χ1v) is 5.92. The van der Waals surface area contributed by atoms with Crippen LogP contribution in [0.4, 0.5) is 0 Å². The minimum atomic E-state index is 0.100. The van der Waals surface area contributed by atoms with Crippen molar-refractivity contribution in [3.05, 3.63) is 42.2 Å². The highest BCUT2D eigenvalue weighted by molar-refractivity contribution is 5.92. The van der Waals surface area contributed by atoms with Gasteiger partial charge >= 0.3 is 0 Å². The van der Waals surface area contributed by atoms with Gasteiger partial charge in [0.15, 0.2) is 11.4 Å². The smallest absolute Gasteiger partial charge is 0.222 e. The Morgan fingerprint density at radius 2 is 2.20 bits per heavy atom. The Bertz CT molecular complexity index is 981. The molecule has 7 heteroatoms. The number of H-pyrrole nitrogens is 1. The van der Waals surface area contributed by atoms with E-state index in [-0.39, 0.29) is 11.4 Å². The number of fused-ring (bicyclic) bond motifs is 3. The standard InChI is InChI=1S/C13H9N5O2/c14-13-15-9-4-3-7(19)6-8(9)12-16-11(17-18(12)13)10-2-1-5-20-10/h1-6,19H,(H2,14,15). The minimum Gasteiger partial charge on any atom is -0.508 e. The average Bonchev–Trinajstić information content (AvgIpc) is 3.08. The highest BCUT2D eigenvalue weighted by atomic mass is 16.3. The van der Waals surface area contributed by atoms with E-state index in [0.29, 0.717) is 28.1 Å². The van der Waals surface area contributed by atoms with E-state index in [0.717, 1.165) is 0 Å². The van der Waals surface area contributed by atoms with Gasteiger partial charge in [-0.25, -0.2) is 4.98 Å². The fraction of sp³-hybridized carbons (Fsp3) is 0. The molecule has 0 aliphatic heterocycles. The van der Waals surface area contributed by atoms with Crippen molar-refractivity contribution in [2.24, 2.45) is 0 Å². The monoisotopic (exact) mass is 267 g/mol. The lowest BCUT2D eigenvalue weighted by Gasteiger charge is -2.00. The lowest BCUT2D eigenvalue weighted by atomic mass is 10.2. The fourth-order valence-corrected chi connectivity index (χ4v) is 2.16. The van der Waals surface area contributed by atoms with Crippen LogP contribution >= 0.6 is 0 Å². The molecular weight excluding hydrogens is 258 g/mol. The van der Waals surface area contributed by atoms with E-state index in [4.69, 9.17) is 9.83 Å². The molecule has 0 aliphatic carbocycles. The number of phenolic OH excluding ortho intramolecular Hbond substituents is 1. The molecule has 0 saturated carbocycles. The Morgan fingerprint density at radius 3 is 3.00 bits per heavy atom. The first kappa shape index (κ1) is 10.8. The zero-order valence-electron chi connectivity index (χ0n) is 10.2. The fourth-order valence-electron chi connectivity index (χ4n) is 2.16. The maximum absolute atomic E-state index is 9.61. The number of aromatic nitrogens is 4. The molecule has 3 N–H and O–H groups in total. The Hall–Kier alpha value is -3.09. The first-order valence-electron chi connectivity index (χ1n) is 5.92. The number of hydrogen-bond acceptors (Lipinski definition) is 5. The zero-order chi connectivity index (χ0) is 13.7. The number of nitrogens with one attached hydrogen (secondary N) is 2. The molecule has 4 rings (SSSR count). The van der Waals surface area contributed by atoms with Gasteiger partial charge in [0, 0.05) is 5.39 Å². The molecule has 0 radical (unpaired) electrons. The molecule has 0 atom stereocenters. The Kier molecular flexibility index (Phi) is 2.00. The number of nitrogens with zero attached hydrogens (tertiary/aromatic N) is 3. The number of phenols is 1. The largest absolute Gasteiger partial charge is 0.508 e. The highest BCUT2D eigenvalue weighted by Gasteiger charge is 2.13. The van der Waals surface area contributed by atoms with Crippen LogP contribution in [0.3, 0.4) is 0 Å². The van der Waals surface area contributed by atoms with E-state index in [2.05, 4.69) is 15.1 Å². The molecule has 98 valence electrons. The third-order valence-corrected chi connectivity index (χ3v) is 3.06. The van der Waals surface area contributed by atoms with Crippen LogP contribution in [0.1, 0.15) is 0 Å². The summed E-state index contributed by atoms with van der Waals surface area (Å²) in [6, 6.07) is 8.34. The molecule has 7 nitrogen and oxygen atoms in total. The number of hydrogen-bond donors (Lipinski definition) is 3. The lowest BCUT2D eigenvalue weighted by Crippen LogP contribution is -2.17. The van der Waals surface area contributed by atoms with Crippen molar-refractivity contribution >= 4 is 16.6 Å². The van der Waals surface area contributed by atoms with Gasteiger partial charge in [-0.1, -0.05) is 0 Å². The predicted octanol–water partition coefficient (Wildman–Crippen LogP) is 1.66. The second-order valence-corrected chi connectivity index (χ2v) is 4.35. The van der Waals surface area contributed by atoms with Gasteiger partial charge in [-0.15, -0.1) is 5.10 Å². The molecule has 1 aromatic carbocycles. The maximum atomic E-state index is 9.61. The van der Waals surface area contributed by atoms with E-state index in [1.54, 1.807) is 36.6 Å². The van der Waals surface area contributed by atoms with E-state index < -0.39 is 0 Å². The van der Waals surface area contributed by atoms with E-state index >= 15 is 0 Å². The van der Waals surface area contributed by atoms with Gasteiger partial charge in [0.05, 0.1) is 11.8 Å². The second-order valence-electron chi connectivity index (χ2n) is 4.35. The summed E-state index contributed by atoms with van der Waals surface area (Å²) in [6.45, 7) is 0. The van der Waals surface area contributed by atoms with Gasteiger partial charge in [-0.2, -0.15) is 4.52 Å². The van der Waals surface area contributed by atoms with E-state index in [1.165, 1.54) is 4.52 Å². The van der Waals surface area contributed by atoms with Crippen molar-refractivity contribution < 1.29 is 9.52 Å². The predicted molar refractivity (Wildman–Crippen MR) is 70.1 cm³/mol. The molecule has 0 aliphatic rings. The number of rotatable bonds is 1. The minimum absolute atomic E-state index is 0.100. The highest BCUT2D eigenvalue weighted by Crippen LogP contribution is 2.22. The molecule has 0 saturated heterocycles. The lowest BCUT2D eigenvalue weighted by molar-refractivity contribution is 0.476. The van der Waals surface area contributed by atoms with E-state index in [1.807, 2.05) is 0 Å². The van der Waals surface area contributed by atoms with Crippen LogP contribution in [0.25, 0.3) is 28.1 Å². The summed E-state index contributed by atoms with van der Waals surface area (Å²) in [5.41, 5.74) is 1.30. The van der Waals surface area contributed by atoms with Gasteiger partial charge in [-0.3, -0.25) is 5.41 Å². The maximum Gasteiger partial charge on any atom is 0.222 e. The average molecular weight is 267 g/mol. The summed E-state index contributed by atoms with van der Waals surface area (Å²) in [5.74, 6) is 1.06. The summed E-state index contributed by atoms with van der Waals surface area (Å²) in [5, 5.41) is 22.5. The zero-order valence-corrected chi connectivity index (χ0v) is 10.2. The Balaban J connectivity index is 2.15. The van der Waals surface area contributed by atoms with Crippen molar-refractivity contribution in [1.82, 2.24) is 19.6 Å². The molecule has 0 fully saturated rings. The van der Waals surface area contributed by atoms with Crippen LogP contribution in [0.5, 0.6) is 5.75 Å². The SMILES string of the molecule is N=c1[nH]c2ccc(O)cc2c2nc(-c3ccco3)nn12. The van der Waals surface area contributed by atoms with Crippen LogP contribution in [0.15, 0.2) is 41.0 Å². The molecule has 20 heavy (non-hydrogen) atoms. The van der Waals surface area contributed by atoms with Gasteiger partial charge < -0.3 is 14.5 Å². The topological polar surface area (TPSA) is 103 Å². The number of aromatic hydroxyl groups is 1. The molecule has 4 aromatic rings. The van der Waals surface area contributed by atoms with Gasteiger partial charge in [0.25, 0.3) is 0 Å². The molecular formula is C13H9N5O2. The quantitative estimate of drug-likeness (QED) is 0.488. The molecule has 3 aromatic heterocycles. The third-order valence-electron chi connectivity index (χ3n) is 3.06. The van der Waals surface area contributed by atoms with Crippen LogP contribution in [-0.4, -0.2) is 24.7 Å². The normalized spacial score (nSPS) is 11.4.